The number of likely N-dealkylation sites (N-methyl/N-ethyl adjacent to an activating group) is 1. The maximum atomic E-state index is 12.1. The predicted octanol–water partition coefficient (Wildman–Crippen LogP) is 0.211. The third-order valence-corrected chi connectivity index (χ3v) is 4.54. The first-order valence-corrected chi connectivity index (χ1v) is 8.90. The third kappa shape index (κ3) is 5.84. The molecule has 3 amide bonds. The minimum atomic E-state index is -0.138. The van der Waals surface area contributed by atoms with Crippen LogP contribution in [-0.2, 0) is 16.0 Å². The van der Waals surface area contributed by atoms with Crippen molar-refractivity contribution >= 4 is 17.7 Å². The number of benzene rings is 1. The number of amides is 3. The monoisotopic (exact) mass is 360 g/mol. The van der Waals surface area contributed by atoms with Crippen molar-refractivity contribution in [3.63, 3.8) is 0 Å². The smallest absolute Gasteiger partial charge is 0.253 e. The molecule has 0 unspecified atom stereocenters. The van der Waals surface area contributed by atoms with E-state index in [1.165, 1.54) is 4.90 Å². The van der Waals surface area contributed by atoms with Gasteiger partial charge in [0.25, 0.3) is 5.91 Å². The lowest BCUT2D eigenvalue weighted by atomic mass is 10.1. The summed E-state index contributed by atoms with van der Waals surface area (Å²) in [5.41, 5.74) is 1.61. The highest BCUT2D eigenvalue weighted by molar-refractivity contribution is 5.93. The first-order chi connectivity index (χ1) is 12.4. The number of piperazine rings is 1. The molecule has 0 aromatic heterocycles. The van der Waals surface area contributed by atoms with Crippen molar-refractivity contribution in [3.8, 4) is 0 Å². The fourth-order valence-corrected chi connectivity index (χ4v) is 2.76. The normalized spacial score (nSPS) is 14.8. The Bertz CT molecular complexity index is 635. The molecular weight excluding hydrogens is 332 g/mol. The van der Waals surface area contributed by atoms with Crippen LogP contribution in [0.5, 0.6) is 0 Å². The zero-order valence-electron chi connectivity index (χ0n) is 15.8. The van der Waals surface area contributed by atoms with Gasteiger partial charge in [-0.25, -0.2) is 0 Å². The molecule has 142 valence electrons. The van der Waals surface area contributed by atoms with Crippen LogP contribution in [0, 0.1) is 0 Å². The highest BCUT2D eigenvalue weighted by Crippen LogP contribution is 2.08. The molecule has 0 radical (unpaired) electrons. The molecule has 0 bridgehead atoms. The van der Waals surface area contributed by atoms with Crippen molar-refractivity contribution in [1.82, 2.24) is 20.0 Å². The van der Waals surface area contributed by atoms with Gasteiger partial charge in [0.1, 0.15) is 0 Å². The molecule has 7 nitrogen and oxygen atoms in total. The summed E-state index contributed by atoms with van der Waals surface area (Å²) in [5, 5.41) is 2.70. The summed E-state index contributed by atoms with van der Waals surface area (Å²) in [4.78, 5) is 41.4. The molecule has 1 aliphatic heterocycles. The second-order valence-electron chi connectivity index (χ2n) is 6.86. The average Bonchev–Trinajstić information content (AvgIpc) is 2.64. The average molecular weight is 360 g/mol. The molecule has 7 heteroatoms. The predicted molar refractivity (Wildman–Crippen MR) is 99.9 cm³/mol. The molecule has 1 heterocycles. The summed E-state index contributed by atoms with van der Waals surface area (Å²) in [7, 11) is 5.46. The molecule has 0 aliphatic carbocycles. The number of hydrogen-bond acceptors (Lipinski definition) is 4. The number of aryl methyl sites for hydroxylation is 1. The Labute approximate surface area is 154 Å². The molecule has 1 aromatic carbocycles. The number of hydrogen-bond donors (Lipinski definition) is 1. The van der Waals surface area contributed by atoms with Crippen molar-refractivity contribution in [3.05, 3.63) is 35.4 Å². The van der Waals surface area contributed by atoms with Crippen LogP contribution in [0.4, 0.5) is 0 Å². The largest absolute Gasteiger partial charge is 0.347 e. The molecular formula is C19H28N4O3. The lowest BCUT2D eigenvalue weighted by Crippen LogP contribution is -2.50. The van der Waals surface area contributed by atoms with Gasteiger partial charge in [-0.1, -0.05) is 12.1 Å². The Hall–Kier alpha value is -2.41. The van der Waals surface area contributed by atoms with E-state index in [0.717, 1.165) is 18.7 Å². The molecule has 2 rings (SSSR count). The van der Waals surface area contributed by atoms with Crippen LogP contribution in [0.25, 0.3) is 0 Å². The van der Waals surface area contributed by atoms with E-state index >= 15 is 0 Å². The maximum Gasteiger partial charge on any atom is 0.253 e. The Morgan fingerprint density at radius 1 is 1.04 bits per heavy atom. The van der Waals surface area contributed by atoms with Crippen molar-refractivity contribution < 1.29 is 14.4 Å². The van der Waals surface area contributed by atoms with Crippen molar-refractivity contribution in [2.24, 2.45) is 0 Å². The summed E-state index contributed by atoms with van der Waals surface area (Å²) < 4.78 is 0. The van der Waals surface area contributed by atoms with Gasteiger partial charge >= 0.3 is 0 Å². The summed E-state index contributed by atoms with van der Waals surface area (Å²) in [6, 6.07) is 7.26. The Balaban J connectivity index is 1.71. The van der Waals surface area contributed by atoms with Crippen molar-refractivity contribution in [1.29, 1.82) is 0 Å². The van der Waals surface area contributed by atoms with E-state index in [-0.39, 0.29) is 24.3 Å². The van der Waals surface area contributed by atoms with E-state index in [4.69, 9.17) is 0 Å². The highest BCUT2D eigenvalue weighted by Gasteiger charge is 2.19. The fraction of sp³-hybridized carbons (Fsp3) is 0.526. The molecule has 1 aliphatic rings. The van der Waals surface area contributed by atoms with E-state index in [0.29, 0.717) is 31.5 Å². The van der Waals surface area contributed by atoms with E-state index in [9.17, 15) is 14.4 Å². The van der Waals surface area contributed by atoms with Crippen LogP contribution in [0.1, 0.15) is 22.3 Å². The van der Waals surface area contributed by atoms with E-state index in [1.807, 2.05) is 19.2 Å². The topological polar surface area (TPSA) is 73.0 Å². The number of nitrogens with one attached hydrogen (secondary N) is 1. The zero-order chi connectivity index (χ0) is 19.1. The second kappa shape index (κ2) is 9.33. The van der Waals surface area contributed by atoms with Gasteiger partial charge in [-0.15, -0.1) is 0 Å². The first-order valence-electron chi connectivity index (χ1n) is 8.90. The zero-order valence-corrected chi connectivity index (χ0v) is 15.8. The van der Waals surface area contributed by atoms with Gasteiger partial charge in [0.15, 0.2) is 0 Å². The summed E-state index contributed by atoms with van der Waals surface area (Å²) >= 11 is 0. The molecule has 26 heavy (non-hydrogen) atoms. The van der Waals surface area contributed by atoms with Crippen molar-refractivity contribution in [2.45, 2.75) is 12.8 Å². The van der Waals surface area contributed by atoms with Crippen LogP contribution in [0.3, 0.4) is 0 Å². The molecule has 0 atom stereocenters. The van der Waals surface area contributed by atoms with Crippen LogP contribution >= 0.6 is 0 Å². The van der Waals surface area contributed by atoms with Gasteiger partial charge in [-0.3, -0.25) is 14.4 Å². The van der Waals surface area contributed by atoms with Crippen LogP contribution in [0.2, 0.25) is 0 Å². The van der Waals surface area contributed by atoms with Crippen molar-refractivity contribution in [2.75, 3.05) is 53.9 Å². The number of rotatable bonds is 6. The highest BCUT2D eigenvalue weighted by atomic mass is 16.2. The number of nitrogens with zero attached hydrogens (tertiary/aromatic N) is 3. The molecule has 0 spiro atoms. The Morgan fingerprint density at radius 3 is 2.23 bits per heavy atom. The quantitative estimate of drug-likeness (QED) is 0.787. The molecule has 1 fully saturated rings. The Morgan fingerprint density at radius 2 is 1.65 bits per heavy atom. The third-order valence-electron chi connectivity index (χ3n) is 4.54. The van der Waals surface area contributed by atoms with E-state index in [1.54, 1.807) is 31.1 Å². The molecule has 0 saturated carbocycles. The number of carbonyl (C=O) groups is 3. The SMILES string of the molecule is CN1CCN(C(=O)CNC(=O)CCc2ccc(C(=O)N(C)C)cc2)CC1. The molecule has 1 N–H and O–H groups in total. The van der Waals surface area contributed by atoms with Gasteiger partial charge in [0, 0.05) is 52.3 Å². The summed E-state index contributed by atoms with van der Waals surface area (Å²) in [6.45, 7) is 3.21. The van der Waals surface area contributed by atoms with Gasteiger partial charge in [-0.05, 0) is 31.2 Å². The maximum absolute atomic E-state index is 12.1. The van der Waals surface area contributed by atoms with Gasteiger partial charge in [0.05, 0.1) is 6.54 Å². The lowest BCUT2D eigenvalue weighted by Gasteiger charge is -2.32. The van der Waals surface area contributed by atoms with Gasteiger partial charge < -0.3 is 20.0 Å². The summed E-state index contributed by atoms with van der Waals surface area (Å²) in [6.07, 6.45) is 0.891. The van der Waals surface area contributed by atoms with Gasteiger partial charge in [0.2, 0.25) is 11.8 Å². The minimum Gasteiger partial charge on any atom is -0.347 e. The second-order valence-corrected chi connectivity index (χ2v) is 6.86. The van der Waals surface area contributed by atoms with Crippen LogP contribution in [0.15, 0.2) is 24.3 Å². The number of carbonyl (C=O) groups excluding carboxylic acids is 3. The van der Waals surface area contributed by atoms with Crippen LogP contribution in [-0.4, -0.2) is 86.3 Å². The van der Waals surface area contributed by atoms with Gasteiger partial charge in [-0.2, -0.15) is 0 Å². The minimum absolute atomic E-state index is 0.0296. The fourth-order valence-electron chi connectivity index (χ4n) is 2.76. The van der Waals surface area contributed by atoms with Crippen LogP contribution < -0.4 is 5.32 Å². The lowest BCUT2D eigenvalue weighted by molar-refractivity contribution is -0.134. The standard InChI is InChI=1S/C19H28N4O3/c1-21(2)19(26)16-7-4-15(5-8-16)6-9-17(24)20-14-18(25)23-12-10-22(3)11-13-23/h4-5,7-8H,6,9-14H2,1-3H3,(H,20,24). The Kier molecular flexibility index (Phi) is 7.15. The summed E-state index contributed by atoms with van der Waals surface area (Å²) in [5.74, 6) is -0.212. The molecule has 1 aromatic rings. The first kappa shape index (κ1) is 19.9. The van der Waals surface area contributed by atoms with E-state index in [2.05, 4.69) is 10.2 Å². The van der Waals surface area contributed by atoms with E-state index < -0.39 is 0 Å². The molecule has 1 saturated heterocycles.